The van der Waals surface area contributed by atoms with Crippen molar-refractivity contribution in [2.45, 2.75) is 0 Å². The number of aliphatic hydroxyl groups is 1. The van der Waals surface area contributed by atoms with Gasteiger partial charge in [0.1, 0.15) is 0 Å². The van der Waals surface area contributed by atoms with Crippen LogP contribution in [0.1, 0.15) is 10.4 Å². The van der Waals surface area contributed by atoms with Crippen LogP contribution in [0.2, 0.25) is 0 Å². The van der Waals surface area contributed by atoms with E-state index in [4.69, 9.17) is 4.74 Å². The van der Waals surface area contributed by atoms with Crippen molar-refractivity contribution in [3.63, 3.8) is 0 Å². The van der Waals surface area contributed by atoms with Gasteiger partial charge in [0.25, 0.3) is 5.91 Å². The molecule has 2 N–H and O–H groups in total. The number of nitrogens with one attached hydrogen (secondary N) is 1. The molecule has 6 nitrogen and oxygen atoms in total. The number of amides is 1. The smallest absolute Gasteiger partial charge is 0.253 e. The molecule has 2 atom stereocenters. The number of H-pyrrole nitrogens is 1. The summed E-state index contributed by atoms with van der Waals surface area (Å²) in [6.07, 6.45) is 1.88. The number of aliphatic hydroxyl groups excluding tert-OH is 1. The number of benzene rings is 1. The monoisotopic (exact) mass is 343 g/mol. The average molecular weight is 343 g/mol. The van der Waals surface area contributed by atoms with Gasteiger partial charge >= 0.3 is 0 Å². The number of rotatable bonds is 4. The molecular weight excluding hydrogens is 318 g/mol. The topological polar surface area (TPSA) is 68.8 Å². The van der Waals surface area contributed by atoms with Crippen molar-refractivity contribution in [2.24, 2.45) is 11.8 Å². The predicted molar refractivity (Wildman–Crippen MR) is 95.5 cm³/mol. The number of hydrogen-bond donors (Lipinski definition) is 2. The summed E-state index contributed by atoms with van der Waals surface area (Å²) in [5.41, 5.74) is 1.69. The Kier molecular flexibility index (Phi) is 4.74. The Balaban J connectivity index is 1.45. The third kappa shape index (κ3) is 3.42. The summed E-state index contributed by atoms with van der Waals surface area (Å²) >= 11 is 0. The van der Waals surface area contributed by atoms with E-state index in [1.807, 2.05) is 35.4 Å². The second-order valence-electron chi connectivity index (χ2n) is 7.11. The van der Waals surface area contributed by atoms with E-state index in [2.05, 4.69) is 9.88 Å². The van der Waals surface area contributed by atoms with Crippen molar-refractivity contribution in [3.8, 4) is 0 Å². The van der Waals surface area contributed by atoms with E-state index in [1.165, 1.54) is 0 Å². The summed E-state index contributed by atoms with van der Waals surface area (Å²) < 4.78 is 5.40. The van der Waals surface area contributed by atoms with Crippen LogP contribution in [0.4, 0.5) is 0 Å². The molecule has 2 aliphatic rings. The summed E-state index contributed by atoms with van der Waals surface area (Å²) in [6, 6.07) is 7.78. The minimum Gasteiger partial charge on any atom is -0.396 e. The molecule has 134 valence electrons. The number of likely N-dealkylation sites (tertiary alicyclic amines) is 1. The third-order valence-corrected chi connectivity index (χ3v) is 5.50. The number of fused-ring (bicyclic) bond motifs is 1. The third-order valence-electron chi connectivity index (χ3n) is 5.50. The second-order valence-corrected chi connectivity index (χ2v) is 7.11. The summed E-state index contributed by atoms with van der Waals surface area (Å²) in [5.74, 6) is 0.529. The SMILES string of the molecule is O=C(c1ccc2cc[nH]c2c1)N1C[C@@H](CO)[C@@H](CN2CCOCC2)C1. The number of carbonyl (C=O) groups is 1. The Bertz CT molecular complexity index is 738. The molecule has 25 heavy (non-hydrogen) atoms. The molecule has 1 amide bonds. The second kappa shape index (κ2) is 7.15. The van der Waals surface area contributed by atoms with Crippen LogP contribution >= 0.6 is 0 Å². The number of morpholine rings is 1. The summed E-state index contributed by atoms with van der Waals surface area (Å²) in [5, 5.41) is 10.9. The lowest BCUT2D eigenvalue weighted by Crippen LogP contribution is -2.41. The van der Waals surface area contributed by atoms with Gasteiger partial charge in [0, 0.05) is 62.5 Å². The molecule has 2 aliphatic heterocycles. The van der Waals surface area contributed by atoms with E-state index in [0.29, 0.717) is 24.6 Å². The molecule has 2 fully saturated rings. The van der Waals surface area contributed by atoms with Crippen LogP contribution in [0.5, 0.6) is 0 Å². The Labute approximate surface area is 147 Å². The molecule has 1 aromatic carbocycles. The van der Waals surface area contributed by atoms with E-state index in [0.717, 1.165) is 43.8 Å². The molecule has 1 aromatic heterocycles. The first-order valence-electron chi connectivity index (χ1n) is 9.02. The van der Waals surface area contributed by atoms with E-state index < -0.39 is 0 Å². The van der Waals surface area contributed by atoms with Crippen molar-refractivity contribution < 1.29 is 14.6 Å². The predicted octanol–water partition coefficient (Wildman–Crippen LogP) is 1.18. The Hall–Kier alpha value is -1.89. The van der Waals surface area contributed by atoms with Gasteiger partial charge in [-0.05, 0) is 29.5 Å². The number of hydrogen-bond acceptors (Lipinski definition) is 4. The van der Waals surface area contributed by atoms with Gasteiger partial charge in [0.05, 0.1) is 13.2 Å². The quantitative estimate of drug-likeness (QED) is 0.875. The van der Waals surface area contributed by atoms with E-state index in [9.17, 15) is 9.90 Å². The van der Waals surface area contributed by atoms with Gasteiger partial charge < -0.3 is 19.7 Å². The molecular formula is C19H25N3O3. The molecule has 0 radical (unpaired) electrons. The molecule has 0 aliphatic carbocycles. The van der Waals surface area contributed by atoms with Gasteiger partial charge in [-0.25, -0.2) is 0 Å². The minimum absolute atomic E-state index is 0.0550. The van der Waals surface area contributed by atoms with Crippen molar-refractivity contribution in [3.05, 3.63) is 36.0 Å². The zero-order chi connectivity index (χ0) is 17.2. The van der Waals surface area contributed by atoms with Crippen LogP contribution in [0, 0.1) is 11.8 Å². The van der Waals surface area contributed by atoms with Crippen molar-refractivity contribution in [2.75, 3.05) is 52.5 Å². The maximum absolute atomic E-state index is 12.9. The van der Waals surface area contributed by atoms with E-state index in [-0.39, 0.29) is 18.4 Å². The van der Waals surface area contributed by atoms with Gasteiger partial charge in [0.2, 0.25) is 0 Å². The molecule has 6 heteroatoms. The molecule has 0 spiro atoms. The Morgan fingerprint density at radius 2 is 2.00 bits per heavy atom. The van der Waals surface area contributed by atoms with Crippen LogP contribution in [-0.4, -0.2) is 78.3 Å². The molecule has 3 heterocycles. The normalized spacial score (nSPS) is 24.9. The van der Waals surface area contributed by atoms with Gasteiger partial charge in [-0.2, -0.15) is 0 Å². The molecule has 2 saturated heterocycles. The summed E-state index contributed by atoms with van der Waals surface area (Å²) in [6.45, 7) is 5.82. The highest BCUT2D eigenvalue weighted by Crippen LogP contribution is 2.26. The van der Waals surface area contributed by atoms with Gasteiger partial charge in [-0.3, -0.25) is 9.69 Å². The maximum atomic E-state index is 12.9. The number of aromatic nitrogens is 1. The summed E-state index contributed by atoms with van der Waals surface area (Å²) in [7, 11) is 0. The largest absolute Gasteiger partial charge is 0.396 e. The zero-order valence-corrected chi connectivity index (χ0v) is 14.4. The first kappa shape index (κ1) is 16.6. The molecule has 2 aromatic rings. The number of aromatic amines is 1. The minimum atomic E-state index is 0.0550. The Morgan fingerprint density at radius 3 is 2.80 bits per heavy atom. The maximum Gasteiger partial charge on any atom is 0.253 e. The van der Waals surface area contributed by atoms with E-state index in [1.54, 1.807) is 0 Å². The molecule has 0 bridgehead atoms. The number of nitrogens with zero attached hydrogens (tertiary/aromatic N) is 2. The van der Waals surface area contributed by atoms with Gasteiger partial charge in [-0.1, -0.05) is 6.07 Å². The lowest BCUT2D eigenvalue weighted by Gasteiger charge is -2.30. The highest BCUT2D eigenvalue weighted by molar-refractivity contribution is 5.98. The number of carbonyl (C=O) groups excluding carboxylic acids is 1. The molecule has 4 rings (SSSR count). The number of ether oxygens (including phenoxy) is 1. The Morgan fingerprint density at radius 1 is 1.20 bits per heavy atom. The van der Waals surface area contributed by atoms with E-state index >= 15 is 0 Å². The highest BCUT2D eigenvalue weighted by atomic mass is 16.5. The highest BCUT2D eigenvalue weighted by Gasteiger charge is 2.36. The van der Waals surface area contributed by atoms with Crippen LogP contribution in [-0.2, 0) is 4.74 Å². The lowest BCUT2D eigenvalue weighted by atomic mass is 9.96. The fourth-order valence-electron chi connectivity index (χ4n) is 4.00. The first-order valence-corrected chi connectivity index (χ1v) is 9.02. The fraction of sp³-hybridized carbons (Fsp3) is 0.526. The van der Waals surface area contributed by atoms with Crippen molar-refractivity contribution in [1.82, 2.24) is 14.8 Å². The first-order chi connectivity index (χ1) is 12.2. The lowest BCUT2D eigenvalue weighted by molar-refractivity contribution is 0.0264. The zero-order valence-electron chi connectivity index (χ0n) is 14.4. The van der Waals surface area contributed by atoms with Crippen molar-refractivity contribution >= 4 is 16.8 Å². The van der Waals surface area contributed by atoms with Crippen LogP contribution in [0.15, 0.2) is 30.5 Å². The van der Waals surface area contributed by atoms with Crippen molar-refractivity contribution in [1.29, 1.82) is 0 Å². The van der Waals surface area contributed by atoms with Crippen LogP contribution < -0.4 is 0 Å². The standard InChI is InChI=1S/C19H25N3O3/c23-13-17-12-22(11-16(17)10-21-5-7-25-8-6-21)19(24)15-2-1-14-3-4-20-18(14)9-15/h1-4,9,16-17,20,23H,5-8,10-13H2/t16-,17-/m0/s1. The van der Waals surface area contributed by atoms with Crippen LogP contribution in [0.25, 0.3) is 10.9 Å². The fourth-order valence-corrected chi connectivity index (χ4v) is 4.00. The van der Waals surface area contributed by atoms with Gasteiger partial charge in [0.15, 0.2) is 0 Å². The molecule has 0 saturated carbocycles. The average Bonchev–Trinajstić information content (AvgIpc) is 3.28. The molecule has 0 unspecified atom stereocenters. The van der Waals surface area contributed by atoms with Gasteiger partial charge in [-0.15, -0.1) is 0 Å². The summed E-state index contributed by atoms with van der Waals surface area (Å²) in [4.78, 5) is 20.4. The van der Waals surface area contributed by atoms with Crippen LogP contribution in [0.3, 0.4) is 0 Å².